The number of aryl methyl sites for hydroxylation is 1. The molecule has 0 saturated carbocycles. The fourth-order valence-corrected chi connectivity index (χ4v) is 2.31. The summed E-state index contributed by atoms with van der Waals surface area (Å²) in [5.41, 5.74) is 1.11. The Morgan fingerprint density at radius 3 is 2.89 bits per heavy atom. The number of aliphatic hydroxyl groups excluding tert-OH is 1. The fraction of sp³-hybridized carbons (Fsp3) is 0.571. The summed E-state index contributed by atoms with van der Waals surface area (Å²) in [6.45, 7) is 2.96. The van der Waals surface area contributed by atoms with Crippen LogP contribution in [0.3, 0.4) is 0 Å². The summed E-state index contributed by atoms with van der Waals surface area (Å²) < 4.78 is 5.53. The van der Waals surface area contributed by atoms with Crippen LogP contribution in [0.25, 0.3) is 0 Å². The van der Waals surface area contributed by atoms with Gasteiger partial charge < -0.3 is 14.7 Å². The maximum Gasteiger partial charge on any atom is 0.223 e. The summed E-state index contributed by atoms with van der Waals surface area (Å²) in [7, 11) is 0. The highest BCUT2D eigenvalue weighted by atomic mass is 16.5. The molecule has 0 aliphatic carbocycles. The van der Waals surface area contributed by atoms with Gasteiger partial charge in [0.15, 0.2) is 0 Å². The molecule has 2 atom stereocenters. The van der Waals surface area contributed by atoms with E-state index in [2.05, 4.69) is 4.98 Å². The molecule has 1 aromatic rings. The number of hydrogen-bond donors (Lipinski definition) is 1. The molecule has 5 heteroatoms. The van der Waals surface area contributed by atoms with E-state index in [1.165, 1.54) is 0 Å². The molecule has 19 heavy (non-hydrogen) atoms. The van der Waals surface area contributed by atoms with Crippen LogP contribution < -0.4 is 0 Å². The van der Waals surface area contributed by atoms with Gasteiger partial charge in [-0.3, -0.25) is 9.78 Å². The Hall–Kier alpha value is -1.46. The molecule has 2 unspecified atom stereocenters. The van der Waals surface area contributed by atoms with E-state index in [0.717, 1.165) is 12.0 Å². The molecule has 1 amide bonds. The Morgan fingerprint density at radius 1 is 1.47 bits per heavy atom. The van der Waals surface area contributed by atoms with Crippen LogP contribution in [-0.2, 0) is 16.0 Å². The number of pyridine rings is 1. The lowest BCUT2D eigenvalue weighted by Gasteiger charge is -2.36. The first kappa shape index (κ1) is 14.0. The number of carbonyl (C=O) groups is 1. The number of morpholine rings is 1. The summed E-state index contributed by atoms with van der Waals surface area (Å²) in [5, 5.41) is 9.15. The van der Waals surface area contributed by atoms with E-state index in [-0.39, 0.29) is 24.7 Å². The summed E-state index contributed by atoms with van der Waals surface area (Å²) >= 11 is 0. The fourth-order valence-electron chi connectivity index (χ4n) is 2.31. The number of nitrogens with zero attached hydrogens (tertiary/aromatic N) is 2. The average molecular weight is 264 g/mol. The molecule has 104 valence electrons. The van der Waals surface area contributed by atoms with Gasteiger partial charge in [-0.15, -0.1) is 0 Å². The van der Waals surface area contributed by atoms with Crippen molar-refractivity contribution in [1.82, 2.24) is 9.88 Å². The van der Waals surface area contributed by atoms with Gasteiger partial charge in [-0.05, 0) is 31.0 Å². The molecule has 0 bridgehead atoms. The van der Waals surface area contributed by atoms with Crippen LogP contribution >= 0.6 is 0 Å². The molecule has 0 spiro atoms. The third-order valence-corrected chi connectivity index (χ3v) is 3.26. The lowest BCUT2D eigenvalue weighted by atomic mass is 10.1. The molecule has 1 aliphatic rings. The van der Waals surface area contributed by atoms with Crippen molar-refractivity contribution in [3.8, 4) is 0 Å². The van der Waals surface area contributed by atoms with Crippen molar-refractivity contribution in [2.75, 3.05) is 19.7 Å². The number of aromatic nitrogens is 1. The number of aliphatic hydroxyl groups is 1. The molecule has 1 aromatic heterocycles. The van der Waals surface area contributed by atoms with Crippen molar-refractivity contribution in [1.29, 1.82) is 0 Å². The van der Waals surface area contributed by atoms with Crippen molar-refractivity contribution in [3.63, 3.8) is 0 Å². The van der Waals surface area contributed by atoms with Gasteiger partial charge in [0.25, 0.3) is 0 Å². The first-order chi connectivity index (χ1) is 9.19. The van der Waals surface area contributed by atoms with Crippen molar-refractivity contribution < 1.29 is 14.6 Å². The monoisotopic (exact) mass is 264 g/mol. The molecule has 0 aromatic carbocycles. The number of ether oxygens (including phenoxy) is 1. The third kappa shape index (κ3) is 4.01. The maximum atomic E-state index is 12.2. The molecule has 2 rings (SSSR count). The van der Waals surface area contributed by atoms with E-state index in [1.807, 2.05) is 19.1 Å². The van der Waals surface area contributed by atoms with Crippen molar-refractivity contribution in [3.05, 3.63) is 30.1 Å². The first-order valence-electron chi connectivity index (χ1n) is 6.62. The number of amides is 1. The standard InChI is InChI=1S/C14H20N2O3/c1-11-8-16(9-13(10-17)19-11)14(18)3-2-12-4-6-15-7-5-12/h4-7,11,13,17H,2-3,8-10H2,1H3. The second-order valence-corrected chi connectivity index (χ2v) is 4.91. The van der Waals surface area contributed by atoms with Crippen LogP contribution in [0.1, 0.15) is 18.9 Å². The highest BCUT2D eigenvalue weighted by Crippen LogP contribution is 2.13. The summed E-state index contributed by atoms with van der Waals surface area (Å²) in [6.07, 6.45) is 4.40. The zero-order chi connectivity index (χ0) is 13.7. The summed E-state index contributed by atoms with van der Waals surface area (Å²) in [4.78, 5) is 17.9. The van der Waals surface area contributed by atoms with Gasteiger partial charge in [0, 0.05) is 31.9 Å². The summed E-state index contributed by atoms with van der Waals surface area (Å²) in [6, 6.07) is 3.84. The van der Waals surface area contributed by atoms with Gasteiger partial charge >= 0.3 is 0 Å². The van der Waals surface area contributed by atoms with Gasteiger partial charge in [0.05, 0.1) is 18.8 Å². The van der Waals surface area contributed by atoms with E-state index in [0.29, 0.717) is 19.5 Å². The van der Waals surface area contributed by atoms with Gasteiger partial charge in [-0.1, -0.05) is 0 Å². The van der Waals surface area contributed by atoms with E-state index in [1.54, 1.807) is 17.3 Å². The Labute approximate surface area is 113 Å². The van der Waals surface area contributed by atoms with Crippen LogP contribution in [0.4, 0.5) is 0 Å². The second kappa shape index (κ2) is 6.63. The molecule has 1 saturated heterocycles. The minimum atomic E-state index is -0.256. The number of hydrogen-bond acceptors (Lipinski definition) is 4. The Balaban J connectivity index is 1.85. The second-order valence-electron chi connectivity index (χ2n) is 4.91. The molecule has 5 nitrogen and oxygen atoms in total. The van der Waals surface area contributed by atoms with Crippen LogP contribution in [0, 0.1) is 0 Å². The highest BCUT2D eigenvalue weighted by Gasteiger charge is 2.27. The average Bonchev–Trinajstić information content (AvgIpc) is 2.45. The molecule has 0 radical (unpaired) electrons. The van der Waals surface area contributed by atoms with E-state index < -0.39 is 0 Å². The summed E-state index contributed by atoms with van der Waals surface area (Å²) in [5.74, 6) is 0.116. The molecule has 1 fully saturated rings. The van der Waals surface area contributed by atoms with E-state index in [4.69, 9.17) is 9.84 Å². The van der Waals surface area contributed by atoms with Crippen LogP contribution in [-0.4, -0.2) is 52.8 Å². The smallest absolute Gasteiger partial charge is 0.223 e. The van der Waals surface area contributed by atoms with Crippen molar-refractivity contribution in [2.45, 2.75) is 32.0 Å². The van der Waals surface area contributed by atoms with Crippen LogP contribution in [0.5, 0.6) is 0 Å². The van der Waals surface area contributed by atoms with E-state index in [9.17, 15) is 4.79 Å². The number of rotatable bonds is 4. The van der Waals surface area contributed by atoms with Gasteiger partial charge in [0.1, 0.15) is 0 Å². The molecular weight excluding hydrogens is 244 g/mol. The third-order valence-electron chi connectivity index (χ3n) is 3.26. The largest absolute Gasteiger partial charge is 0.394 e. The van der Waals surface area contributed by atoms with Gasteiger partial charge in [0.2, 0.25) is 5.91 Å². The minimum Gasteiger partial charge on any atom is -0.394 e. The normalized spacial score (nSPS) is 23.4. The zero-order valence-corrected chi connectivity index (χ0v) is 11.2. The molecule has 1 N–H and O–H groups in total. The van der Waals surface area contributed by atoms with Crippen molar-refractivity contribution >= 4 is 5.91 Å². The first-order valence-corrected chi connectivity index (χ1v) is 6.62. The Bertz CT molecular complexity index is 410. The lowest BCUT2D eigenvalue weighted by molar-refractivity contribution is -0.147. The zero-order valence-electron chi connectivity index (χ0n) is 11.2. The highest BCUT2D eigenvalue weighted by molar-refractivity contribution is 5.76. The predicted octanol–water partition coefficient (Wildman–Crippen LogP) is 0.622. The predicted molar refractivity (Wildman–Crippen MR) is 70.6 cm³/mol. The SMILES string of the molecule is CC1CN(C(=O)CCc2ccncc2)CC(CO)O1. The topological polar surface area (TPSA) is 62.7 Å². The van der Waals surface area contributed by atoms with Crippen LogP contribution in [0.2, 0.25) is 0 Å². The quantitative estimate of drug-likeness (QED) is 0.866. The Morgan fingerprint density at radius 2 is 2.21 bits per heavy atom. The lowest BCUT2D eigenvalue weighted by Crippen LogP contribution is -2.50. The van der Waals surface area contributed by atoms with Gasteiger partial charge in [-0.2, -0.15) is 0 Å². The number of carbonyl (C=O) groups excluding carboxylic acids is 1. The minimum absolute atomic E-state index is 0.0178. The van der Waals surface area contributed by atoms with Crippen LogP contribution in [0.15, 0.2) is 24.5 Å². The van der Waals surface area contributed by atoms with Crippen molar-refractivity contribution in [2.24, 2.45) is 0 Å². The Kier molecular flexibility index (Phi) is 4.87. The maximum absolute atomic E-state index is 12.2. The van der Waals surface area contributed by atoms with Gasteiger partial charge in [-0.25, -0.2) is 0 Å². The molecule has 2 heterocycles. The molecule has 1 aliphatic heterocycles. The van der Waals surface area contributed by atoms with E-state index >= 15 is 0 Å². The molecular formula is C14H20N2O3.